The van der Waals surface area contributed by atoms with Crippen molar-refractivity contribution in [2.75, 3.05) is 7.05 Å². The van der Waals surface area contributed by atoms with Crippen molar-refractivity contribution >= 4 is 0 Å². The van der Waals surface area contributed by atoms with E-state index in [0.29, 0.717) is 5.54 Å². The fraction of sp³-hybridized carbons (Fsp3) is 1.00. The van der Waals surface area contributed by atoms with Crippen molar-refractivity contribution in [1.82, 2.24) is 5.01 Å². The van der Waals surface area contributed by atoms with Crippen LogP contribution in [0.25, 0.3) is 0 Å². The van der Waals surface area contributed by atoms with E-state index in [1.54, 1.807) is 0 Å². The van der Waals surface area contributed by atoms with Gasteiger partial charge in [0, 0.05) is 7.05 Å². The number of nitrogens with one attached hydrogen (secondary N) is 1. The van der Waals surface area contributed by atoms with Gasteiger partial charge in [0.05, 0.1) is 5.54 Å². The molecule has 3 nitrogen and oxygen atoms in total. The Morgan fingerprint density at radius 2 is 2.11 bits per heavy atom. The first-order chi connectivity index (χ1) is 4.27. The minimum atomic E-state index is 0.354. The Kier molecular flexibility index (Phi) is 0.739. The largest absolute Gasteiger partial charge is 0.276 e. The van der Waals surface area contributed by atoms with Gasteiger partial charge in [-0.15, -0.1) is 0 Å². The highest BCUT2D eigenvalue weighted by molar-refractivity contribution is 5.13. The zero-order valence-electron chi connectivity index (χ0n) is 5.59. The summed E-state index contributed by atoms with van der Waals surface area (Å²) in [6.45, 7) is 0. The number of hydrogen-bond donors (Lipinski definition) is 1. The fourth-order valence-corrected chi connectivity index (χ4v) is 1.94. The van der Waals surface area contributed by atoms with Crippen LogP contribution in [0.4, 0.5) is 0 Å². The van der Waals surface area contributed by atoms with Gasteiger partial charge in [0.15, 0.2) is 0 Å². The first-order valence-corrected chi connectivity index (χ1v) is 3.38. The molecule has 3 heteroatoms. The lowest BCUT2D eigenvalue weighted by molar-refractivity contribution is -0.137. The second-order valence-electron chi connectivity index (χ2n) is 3.33. The standard InChI is InChI=1S/C6H11N3/c1-9(8-7)6-2-5(3-6)4-6/h5,7H,2-4H2,1H3. The molecule has 0 amide bonds. The molecule has 0 unspecified atom stereocenters. The number of hydrogen-bond acceptors (Lipinski definition) is 2. The summed E-state index contributed by atoms with van der Waals surface area (Å²) in [5.74, 6) is 0.981. The maximum atomic E-state index is 6.78. The maximum absolute atomic E-state index is 6.78. The molecule has 1 N–H and O–H groups in total. The molecule has 3 fully saturated rings. The quantitative estimate of drug-likeness (QED) is 0.440. The Hall–Kier alpha value is -0.600. The molecule has 0 aliphatic heterocycles. The lowest BCUT2D eigenvalue weighted by Crippen LogP contribution is -2.65. The molecule has 0 aromatic heterocycles. The van der Waals surface area contributed by atoms with Crippen molar-refractivity contribution in [1.29, 1.82) is 5.53 Å². The second kappa shape index (κ2) is 1.28. The predicted octanol–water partition coefficient (Wildman–Crippen LogP) is 1.42. The minimum Gasteiger partial charge on any atom is -0.276 e. The van der Waals surface area contributed by atoms with Gasteiger partial charge < -0.3 is 0 Å². The van der Waals surface area contributed by atoms with Crippen molar-refractivity contribution in [3.8, 4) is 0 Å². The maximum Gasteiger partial charge on any atom is 0.0600 e. The molecule has 0 aromatic rings. The molecular weight excluding hydrogens is 114 g/mol. The third-order valence-corrected chi connectivity index (χ3v) is 2.84. The number of rotatable bonds is 2. The summed E-state index contributed by atoms with van der Waals surface area (Å²) in [6.07, 6.45) is 3.85. The molecule has 3 aliphatic carbocycles. The van der Waals surface area contributed by atoms with Crippen LogP contribution in [0.2, 0.25) is 0 Å². The molecule has 9 heavy (non-hydrogen) atoms. The normalized spacial score (nSPS) is 44.8. The summed E-state index contributed by atoms with van der Waals surface area (Å²) in [4.78, 5) is 0. The van der Waals surface area contributed by atoms with E-state index >= 15 is 0 Å². The first-order valence-electron chi connectivity index (χ1n) is 3.38. The van der Waals surface area contributed by atoms with Crippen molar-refractivity contribution in [3.05, 3.63) is 0 Å². The number of nitrogens with zero attached hydrogens (tertiary/aromatic N) is 2. The van der Waals surface area contributed by atoms with Gasteiger partial charge in [0.25, 0.3) is 0 Å². The Balaban J connectivity index is 2.04. The lowest BCUT2D eigenvalue weighted by atomic mass is 9.49. The highest BCUT2D eigenvalue weighted by atomic mass is 15.5. The van der Waals surface area contributed by atoms with Crippen LogP contribution in [0.3, 0.4) is 0 Å². The van der Waals surface area contributed by atoms with Crippen LogP contribution in [0.1, 0.15) is 19.3 Å². The summed E-state index contributed by atoms with van der Waals surface area (Å²) < 4.78 is 0. The molecule has 3 aliphatic rings. The van der Waals surface area contributed by atoms with Gasteiger partial charge in [0.2, 0.25) is 0 Å². The Morgan fingerprint density at radius 3 is 2.22 bits per heavy atom. The fourth-order valence-electron chi connectivity index (χ4n) is 1.94. The van der Waals surface area contributed by atoms with Crippen LogP contribution in [-0.4, -0.2) is 17.6 Å². The second-order valence-corrected chi connectivity index (χ2v) is 3.33. The third kappa shape index (κ3) is 0.430. The smallest absolute Gasteiger partial charge is 0.0600 e. The molecule has 0 aromatic carbocycles. The summed E-state index contributed by atoms with van der Waals surface area (Å²) >= 11 is 0. The van der Waals surface area contributed by atoms with Gasteiger partial charge in [-0.2, -0.15) is 5.53 Å². The van der Waals surface area contributed by atoms with E-state index in [2.05, 4.69) is 5.22 Å². The summed E-state index contributed by atoms with van der Waals surface area (Å²) in [7, 11) is 1.91. The van der Waals surface area contributed by atoms with Gasteiger partial charge in [-0.25, -0.2) is 0 Å². The highest BCUT2D eigenvalue weighted by Crippen LogP contribution is 2.60. The summed E-state index contributed by atoms with van der Waals surface area (Å²) in [5, 5.41) is 5.22. The van der Waals surface area contributed by atoms with Gasteiger partial charge in [0.1, 0.15) is 0 Å². The van der Waals surface area contributed by atoms with Crippen LogP contribution >= 0.6 is 0 Å². The monoisotopic (exact) mass is 125 g/mol. The van der Waals surface area contributed by atoms with Crippen LogP contribution in [-0.2, 0) is 0 Å². The zero-order chi connectivity index (χ0) is 6.48. The average Bonchev–Trinajstić information content (AvgIpc) is 1.57. The van der Waals surface area contributed by atoms with Crippen LogP contribution < -0.4 is 0 Å². The topological polar surface area (TPSA) is 39.5 Å². The van der Waals surface area contributed by atoms with E-state index in [0.717, 1.165) is 5.92 Å². The Morgan fingerprint density at radius 1 is 1.56 bits per heavy atom. The van der Waals surface area contributed by atoms with E-state index in [1.807, 2.05) is 12.1 Å². The van der Waals surface area contributed by atoms with Gasteiger partial charge in [-0.1, -0.05) is 5.22 Å². The molecule has 3 rings (SSSR count). The Labute approximate surface area is 54.5 Å². The molecule has 2 bridgehead atoms. The lowest BCUT2D eigenvalue weighted by Gasteiger charge is -2.64. The van der Waals surface area contributed by atoms with E-state index < -0.39 is 0 Å². The van der Waals surface area contributed by atoms with Crippen molar-refractivity contribution in [2.45, 2.75) is 24.8 Å². The zero-order valence-corrected chi connectivity index (χ0v) is 5.59. The Bertz CT molecular complexity index is 137. The molecule has 0 heterocycles. The van der Waals surface area contributed by atoms with E-state index in [4.69, 9.17) is 5.53 Å². The molecule has 3 saturated carbocycles. The first kappa shape index (κ1) is 5.21. The third-order valence-electron chi connectivity index (χ3n) is 2.84. The van der Waals surface area contributed by atoms with Crippen LogP contribution in [0.15, 0.2) is 5.22 Å². The van der Waals surface area contributed by atoms with Gasteiger partial charge in [-0.05, 0) is 25.2 Å². The molecule has 0 saturated heterocycles. The average molecular weight is 125 g/mol. The molecule has 0 spiro atoms. The highest BCUT2D eigenvalue weighted by Gasteiger charge is 2.59. The van der Waals surface area contributed by atoms with Crippen molar-refractivity contribution < 1.29 is 0 Å². The van der Waals surface area contributed by atoms with E-state index in [-0.39, 0.29) is 0 Å². The SMILES string of the molecule is CN(N=N)C12CC(C1)C2. The van der Waals surface area contributed by atoms with E-state index in [1.165, 1.54) is 19.3 Å². The van der Waals surface area contributed by atoms with Gasteiger partial charge >= 0.3 is 0 Å². The molecular formula is C6H11N3. The van der Waals surface area contributed by atoms with Gasteiger partial charge in [-0.3, -0.25) is 5.01 Å². The van der Waals surface area contributed by atoms with Crippen LogP contribution in [0, 0.1) is 11.4 Å². The molecule has 0 radical (unpaired) electrons. The van der Waals surface area contributed by atoms with Crippen molar-refractivity contribution in [3.63, 3.8) is 0 Å². The van der Waals surface area contributed by atoms with Crippen LogP contribution in [0.5, 0.6) is 0 Å². The minimum absolute atomic E-state index is 0.354. The summed E-state index contributed by atoms with van der Waals surface area (Å²) in [6, 6.07) is 0. The van der Waals surface area contributed by atoms with E-state index in [9.17, 15) is 0 Å². The predicted molar refractivity (Wildman–Crippen MR) is 33.0 cm³/mol. The summed E-state index contributed by atoms with van der Waals surface area (Å²) in [5.41, 5.74) is 7.13. The molecule has 0 atom stereocenters. The van der Waals surface area contributed by atoms with Crippen molar-refractivity contribution in [2.24, 2.45) is 11.1 Å². The molecule has 50 valence electrons.